The van der Waals surface area contributed by atoms with Gasteiger partial charge in [0.15, 0.2) is 0 Å². The standard InChI is InChI=1S/C20H28O2/c1-4-5-7-11-17(2)20(21)18(3)12-10-15-22-16-19-13-8-6-9-14-19/h6,8-9,11,13-14,18,20-21H,4-5,7,15-16H2,1-3H3/b17-11+/t18-,20-/m1/s1. The lowest BCUT2D eigenvalue weighted by Gasteiger charge is -2.14. The smallest absolute Gasteiger partial charge is 0.108 e. The number of benzene rings is 1. The molecule has 1 N–H and O–H groups in total. The quantitative estimate of drug-likeness (QED) is 0.439. The van der Waals surface area contributed by atoms with E-state index in [0.717, 1.165) is 24.0 Å². The fourth-order valence-electron chi connectivity index (χ4n) is 2.12. The molecular formula is C20H28O2. The summed E-state index contributed by atoms with van der Waals surface area (Å²) in [5.74, 6) is 6.00. The van der Waals surface area contributed by atoms with E-state index in [9.17, 15) is 5.11 Å². The second-order valence-electron chi connectivity index (χ2n) is 5.62. The molecule has 0 fully saturated rings. The van der Waals surface area contributed by atoms with Crippen molar-refractivity contribution in [3.63, 3.8) is 0 Å². The lowest BCUT2D eigenvalue weighted by molar-refractivity contribution is 0.152. The van der Waals surface area contributed by atoms with Crippen LogP contribution in [-0.4, -0.2) is 17.8 Å². The first-order chi connectivity index (χ1) is 10.6. The summed E-state index contributed by atoms with van der Waals surface area (Å²) in [5.41, 5.74) is 2.16. The predicted octanol–water partition coefficient (Wildman–Crippen LogP) is 4.34. The number of allylic oxidation sites excluding steroid dienone is 1. The van der Waals surface area contributed by atoms with Gasteiger partial charge in [-0.05, 0) is 31.4 Å². The third-order valence-electron chi connectivity index (χ3n) is 3.58. The lowest BCUT2D eigenvalue weighted by atomic mass is 9.98. The van der Waals surface area contributed by atoms with Crippen molar-refractivity contribution in [1.82, 2.24) is 0 Å². The van der Waals surface area contributed by atoms with Crippen LogP contribution in [0.1, 0.15) is 45.6 Å². The van der Waals surface area contributed by atoms with Crippen molar-refractivity contribution < 1.29 is 9.84 Å². The van der Waals surface area contributed by atoms with Gasteiger partial charge in [0.05, 0.1) is 12.7 Å². The van der Waals surface area contributed by atoms with Crippen molar-refractivity contribution in [3.8, 4) is 11.8 Å². The van der Waals surface area contributed by atoms with Crippen LogP contribution >= 0.6 is 0 Å². The summed E-state index contributed by atoms with van der Waals surface area (Å²) in [6.07, 6.45) is 5.00. The van der Waals surface area contributed by atoms with Gasteiger partial charge in [-0.2, -0.15) is 0 Å². The topological polar surface area (TPSA) is 29.5 Å². The number of aliphatic hydroxyl groups is 1. The summed E-state index contributed by atoms with van der Waals surface area (Å²) in [7, 11) is 0. The Kier molecular flexibility index (Phi) is 9.30. The summed E-state index contributed by atoms with van der Waals surface area (Å²) < 4.78 is 5.52. The van der Waals surface area contributed by atoms with Gasteiger partial charge < -0.3 is 9.84 Å². The Morgan fingerprint density at radius 1 is 1.32 bits per heavy atom. The molecule has 2 heteroatoms. The van der Waals surface area contributed by atoms with Gasteiger partial charge in [0.1, 0.15) is 6.61 Å². The highest BCUT2D eigenvalue weighted by Crippen LogP contribution is 2.13. The minimum atomic E-state index is -0.488. The molecule has 0 bridgehead atoms. The third kappa shape index (κ3) is 7.45. The monoisotopic (exact) mass is 300 g/mol. The average molecular weight is 300 g/mol. The highest BCUT2D eigenvalue weighted by atomic mass is 16.5. The minimum absolute atomic E-state index is 0.0711. The van der Waals surface area contributed by atoms with E-state index in [1.165, 1.54) is 6.42 Å². The van der Waals surface area contributed by atoms with E-state index in [-0.39, 0.29) is 5.92 Å². The van der Waals surface area contributed by atoms with Crippen molar-refractivity contribution in [1.29, 1.82) is 0 Å². The molecule has 1 aromatic rings. The molecule has 1 rings (SSSR count). The first kappa shape index (κ1) is 18.5. The maximum Gasteiger partial charge on any atom is 0.108 e. The van der Waals surface area contributed by atoms with Gasteiger partial charge in [-0.15, -0.1) is 0 Å². The maximum absolute atomic E-state index is 10.2. The number of hydrogen-bond donors (Lipinski definition) is 1. The molecule has 0 unspecified atom stereocenters. The van der Waals surface area contributed by atoms with Gasteiger partial charge in [-0.25, -0.2) is 0 Å². The average Bonchev–Trinajstić information content (AvgIpc) is 2.54. The number of rotatable bonds is 8. The molecule has 0 saturated carbocycles. The molecule has 0 spiro atoms. The third-order valence-corrected chi connectivity index (χ3v) is 3.58. The Morgan fingerprint density at radius 3 is 2.73 bits per heavy atom. The summed E-state index contributed by atoms with van der Waals surface area (Å²) in [6.45, 7) is 7.06. The molecule has 0 amide bonds. The second-order valence-corrected chi connectivity index (χ2v) is 5.62. The number of aliphatic hydroxyl groups excluding tert-OH is 1. The SMILES string of the molecule is CCCC/C=C(\C)[C@@H](O)[C@H](C)C#CCOCc1ccccc1. The highest BCUT2D eigenvalue weighted by molar-refractivity contribution is 5.15. The molecule has 0 aliphatic heterocycles. The molecule has 0 saturated heterocycles. The molecule has 0 radical (unpaired) electrons. The van der Waals surface area contributed by atoms with E-state index in [1.807, 2.05) is 44.2 Å². The largest absolute Gasteiger partial charge is 0.387 e. The molecule has 0 heterocycles. The van der Waals surface area contributed by atoms with E-state index >= 15 is 0 Å². The molecule has 2 nitrogen and oxygen atoms in total. The van der Waals surface area contributed by atoms with Crippen molar-refractivity contribution in [2.75, 3.05) is 6.61 Å². The maximum atomic E-state index is 10.2. The van der Waals surface area contributed by atoms with Crippen LogP contribution in [0.3, 0.4) is 0 Å². The first-order valence-corrected chi connectivity index (χ1v) is 8.10. The van der Waals surface area contributed by atoms with Gasteiger partial charge in [0, 0.05) is 5.92 Å². The van der Waals surface area contributed by atoms with E-state index < -0.39 is 6.10 Å². The minimum Gasteiger partial charge on any atom is -0.387 e. The van der Waals surface area contributed by atoms with Crippen molar-refractivity contribution in [2.24, 2.45) is 5.92 Å². The van der Waals surface area contributed by atoms with Crippen LogP contribution in [0.15, 0.2) is 42.0 Å². The Hall–Kier alpha value is -1.56. The van der Waals surface area contributed by atoms with Gasteiger partial charge in [0.25, 0.3) is 0 Å². The highest BCUT2D eigenvalue weighted by Gasteiger charge is 2.12. The molecule has 1 aromatic carbocycles. The van der Waals surface area contributed by atoms with Gasteiger partial charge in [-0.1, -0.05) is 68.0 Å². The Bertz CT molecular complexity index is 493. The summed E-state index contributed by atoms with van der Waals surface area (Å²) in [6, 6.07) is 10.0. The van der Waals surface area contributed by atoms with Crippen LogP contribution in [0, 0.1) is 17.8 Å². The number of ether oxygens (including phenoxy) is 1. The molecule has 22 heavy (non-hydrogen) atoms. The second kappa shape index (κ2) is 11.1. The Labute approximate surface area is 135 Å². The Morgan fingerprint density at radius 2 is 2.05 bits per heavy atom. The molecular weight excluding hydrogens is 272 g/mol. The van der Waals surface area contributed by atoms with Crippen molar-refractivity contribution in [2.45, 2.75) is 52.7 Å². The Balaban J connectivity index is 2.32. The molecule has 0 aromatic heterocycles. The van der Waals surface area contributed by atoms with E-state index in [1.54, 1.807) is 0 Å². The van der Waals surface area contributed by atoms with Crippen LogP contribution in [0.25, 0.3) is 0 Å². The van der Waals surface area contributed by atoms with Gasteiger partial charge in [-0.3, -0.25) is 0 Å². The van der Waals surface area contributed by atoms with Crippen LogP contribution < -0.4 is 0 Å². The van der Waals surface area contributed by atoms with E-state index in [0.29, 0.717) is 13.2 Å². The number of unbranched alkanes of at least 4 members (excludes halogenated alkanes) is 2. The van der Waals surface area contributed by atoms with Crippen molar-refractivity contribution in [3.05, 3.63) is 47.5 Å². The zero-order valence-electron chi connectivity index (χ0n) is 14.0. The zero-order chi connectivity index (χ0) is 16.2. The van der Waals surface area contributed by atoms with E-state index in [4.69, 9.17) is 4.74 Å². The van der Waals surface area contributed by atoms with Crippen LogP contribution in [0.5, 0.6) is 0 Å². The van der Waals surface area contributed by atoms with Crippen LogP contribution in [0.4, 0.5) is 0 Å². The normalized spacial score (nSPS) is 14.1. The predicted molar refractivity (Wildman–Crippen MR) is 92.3 cm³/mol. The van der Waals surface area contributed by atoms with Gasteiger partial charge in [0.2, 0.25) is 0 Å². The summed E-state index contributed by atoms with van der Waals surface area (Å²) in [4.78, 5) is 0. The van der Waals surface area contributed by atoms with E-state index in [2.05, 4.69) is 24.8 Å². The summed E-state index contributed by atoms with van der Waals surface area (Å²) >= 11 is 0. The van der Waals surface area contributed by atoms with Crippen molar-refractivity contribution >= 4 is 0 Å². The summed E-state index contributed by atoms with van der Waals surface area (Å²) in [5, 5.41) is 10.2. The molecule has 120 valence electrons. The van der Waals surface area contributed by atoms with Crippen LogP contribution in [-0.2, 0) is 11.3 Å². The van der Waals surface area contributed by atoms with Gasteiger partial charge >= 0.3 is 0 Å². The van der Waals surface area contributed by atoms with Crippen LogP contribution in [0.2, 0.25) is 0 Å². The first-order valence-electron chi connectivity index (χ1n) is 8.10. The number of hydrogen-bond acceptors (Lipinski definition) is 2. The fraction of sp³-hybridized carbons (Fsp3) is 0.500. The molecule has 0 aliphatic rings. The molecule has 2 atom stereocenters. The molecule has 0 aliphatic carbocycles. The fourth-order valence-corrected chi connectivity index (χ4v) is 2.12. The lowest BCUT2D eigenvalue weighted by Crippen LogP contribution is -2.17. The zero-order valence-corrected chi connectivity index (χ0v) is 14.0.